The first-order chi connectivity index (χ1) is 20.0. The van der Waals surface area contributed by atoms with E-state index in [-0.39, 0.29) is 49.3 Å². The van der Waals surface area contributed by atoms with Crippen molar-refractivity contribution in [2.24, 2.45) is 0 Å². The summed E-state index contributed by atoms with van der Waals surface area (Å²) in [5.74, 6) is 0. The predicted molar refractivity (Wildman–Crippen MR) is 148 cm³/mol. The minimum atomic E-state index is -1.04. The number of aliphatic hydroxyl groups excluding tert-OH is 1. The summed E-state index contributed by atoms with van der Waals surface area (Å²) in [4.78, 5) is 0. The molecule has 42 heavy (non-hydrogen) atoms. The Morgan fingerprint density at radius 3 is 1.76 bits per heavy atom. The monoisotopic (exact) mass is 596 g/mol. The third kappa shape index (κ3) is 5.42. The van der Waals surface area contributed by atoms with Gasteiger partial charge in [0.1, 0.15) is 71.4 Å². The van der Waals surface area contributed by atoms with Crippen molar-refractivity contribution < 1.29 is 61.9 Å². The maximum Gasteiger partial charge on any atom is 0.189 e. The minimum Gasteiger partial charge on any atom is -0.381 e. The number of ether oxygens (including phenoxy) is 12. The molecule has 0 aliphatic carbocycles. The van der Waals surface area contributed by atoms with Gasteiger partial charge in [-0.05, 0) is 13.8 Å². The first-order valence-corrected chi connectivity index (χ1v) is 14.0. The average Bonchev–Trinajstić information content (AvgIpc) is 3.74. The maximum absolute atomic E-state index is 9.66. The Labute approximate surface area is 251 Å². The van der Waals surface area contributed by atoms with Gasteiger partial charge in [-0.25, -0.2) is 0 Å². The van der Waals surface area contributed by atoms with Gasteiger partial charge in [0, 0.05) is 60.7 Å². The molecule has 0 saturated carbocycles. The van der Waals surface area contributed by atoms with Crippen molar-refractivity contribution in [3.63, 3.8) is 0 Å². The van der Waals surface area contributed by atoms with Gasteiger partial charge in [-0.1, -0.05) is 0 Å². The van der Waals surface area contributed by atoms with Crippen LogP contribution in [0.5, 0.6) is 0 Å². The summed E-state index contributed by atoms with van der Waals surface area (Å²) in [5.41, 5.74) is -2.05. The zero-order valence-corrected chi connectivity index (χ0v) is 25.6. The van der Waals surface area contributed by atoms with Crippen LogP contribution in [0.1, 0.15) is 13.8 Å². The highest BCUT2D eigenvalue weighted by Crippen LogP contribution is 2.46. The Morgan fingerprint density at radius 2 is 1.24 bits per heavy atom. The fourth-order valence-corrected chi connectivity index (χ4v) is 6.99. The van der Waals surface area contributed by atoms with E-state index in [0.29, 0.717) is 13.2 Å². The van der Waals surface area contributed by atoms with Crippen LogP contribution in [0.4, 0.5) is 0 Å². The lowest BCUT2D eigenvalue weighted by atomic mass is 9.89. The summed E-state index contributed by atoms with van der Waals surface area (Å²) in [7, 11) is 26.9. The van der Waals surface area contributed by atoms with E-state index in [4.69, 9.17) is 80.4 Å². The average molecular weight is 596 g/mol. The quantitative estimate of drug-likeness (QED) is 0.296. The van der Waals surface area contributed by atoms with Crippen molar-refractivity contribution >= 4 is 23.5 Å². The van der Waals surface area contributed by atoms with Gasteiger partial charge >= 0.3 is 0 Å². The molecule has 15 atom stereocenters. The van der Waals surface area contributed by atoms with Gasteiger partial charge in [-0.15, -0.1) is 0 Å². The lowest BCUT2D eigenvalue weighted by Crippen LogP contribution is -2.52. The highest BCUT2D eigenvalue weighted by Gasteiger charge is 2.66. The van der Waals surface area contributed by atoms with Gasteiger partial charge in [-0.3, -0.25) is 0 Å². The Morgan fingerprint density at radius 1 is 0.738 bits per heavy atom. The van der Waals surface area contributed by atoms with Gasteiger partial charge in [0.25, 0.3) is 0 Å². The van der Waals surface area contributed by atoms with Crippen LogP contribution in [0.3, 0.4) is 0 Å². The molecule has 6 saturated heterocycles. The second-order valence-electron chi connectivity index (χ2n) is 11.3. The van der Waals surface area contributed by atoms with Crippen LogP contribution < -0.4 is 0 Å². The Kier molecular flexibility index (Phi) is 11.2. The molecule has 6 rings (SSSR count). The van der Waals surface area contributed by atoms with Crippen molar-refractivity contribution in [3.8, 4) is 0 Å². The standard InChI is InChI=1S/2C9H15BO4.C8H13BO5/c1-5(11-2)9-4-13-6(7(9)12-3)8(10)14-9;1-5-9(4-11-2)7(12-3)6(13-5)8(10)14-9;1-11-3-8-5(12-2)4(6(9)14-8)13-7(8)10/h2*5-8H,4H2,1-3H3;4-7,10H,3H2,1-2H3/t5?,6-,7?,8+,9+;5?,6-,7?,8+,9-;4-,5?,6+,7?,8+/m000/s1. The van der Waals surface area contributed by atoms with E-state index in [9.17, 15) is 5.11 Å². The Hall–Kier alpha value is -0.325. The SMILES string of the molecule is [B][C@@H]1O[C@@]2(C(C)OC)CO[C@H]1C2OC.[B][C@@H]1O[C@@]2(COC)C(C)O[C@H]1C2OC.[B][C@@H]1O[C@@]2(COC)C(O)O[C@H]1C2OC. The molecule has 0 aromatic carbocycles. The molecule has 6 heterocycles. The number of fused-ring (bicyclic) bond motifs is 6. The highest BCUT2D eigenvalue weighted by molar-refractivity contribution is 6.12. The summed E-state index contributed by atoms with van der Waals surface area (Å²) in [6, 6.07) is -1.39. The molecule has 1 N–H and O–H groups in total. The zero-order chi connectivity index (χ0) is 31.0. The molecule has 6 aliphatic rings. The van der Waals surface area contributed by atoms with E-state index in [1.165, 1.54) is 14.2 Å². The molecule has 234 valence electrons. The summed E-state index contributed by atoms with van der Waals surface area (Å²) in [6.45, 7) is 5.01. The number of aliphatic hydroxyl groups is 1. The Balaban J connectivity index is 0.000000145. The summed E-state index contributed by atoms with van der Waals surface area (Å²) in [5, 5.41) is 9.66. The van der Waals surface area contributed by atoms with Crippen LogP contribution in [-0.2, 0) is 56.8 Å². The van der Waals surface area contributed by atoms with Crippen LogP contribution in [0.2, 0.25) is 0 Å². The number of rotatable bonds is 9. The third-order valence-electron chi connectivity index (χ3n) is 9.18. The molecule has 16 heteroatoms. The van der Waals surface area contributed by atoms with Gasteiger partial charge < -0.3 is 61.9 Å². The van der Waals surface area contributed by atoms with E-state index >= 15 is 0 Å². The van der Waals surface area contributed by atoms with Crippen molar-refractivity contribution in [1.29, 1.82) is 0 Å². The van der Waals surface area contributed by atoms with Crippen molar-refractivity contribution in [3.05, 3.63) is 0 Å². The van der Waals surface area contributed by atoms with E-state index in [2.05, 4.69) is 0 Å². The first-order valence-electron chi connectivity index (χ1n) is 14.0. The zero-order valence-electron chi connectivity index (χ0n) is 25.6. The molecule has 0 aromatic heterocycles. The lowest BCUT2D eigenvalue weighted by Gasteiger charge is -2.35. The van der Waals surface area contributed by atoms with Crippen LogP contribution >= 0.6 is 0 Å². The summed E-state index contributed by atoms with van der Waals surface area (Å²) >= 11 is 0. The van der Waals surface area contributed by atoms with Crippen LogP contribution in [0.15, 0.2) is 0 Å². The second kappa shape index (κ2) is 13.6. The van der Waals surface area contributed by atoms with Gasteiger partial charge in [0.2, 0.25) is 0 Å². The van der Waals surface area contributed by atoms with Crippen LogP contribution in [0.25, 0.3) is 0 Å². The molecule has 6 aliphatic heterocycles. The number of hydrogen-bond donors (Lipinski definition) is 1. The van der Waals surface area contributed by atoms with Gasteiger partial charge in [0.15, 0.2) is 11.9 Å². The predicted octanol–water partition coefficient (Wildman–Crippen LogP) is -1.97. The van der Waals surface area contributed by atoms with E-state index in [0.717, 1.165) is 0 Å². The Bertz CT molecular complexity index is 835. The fourth-order valence-electron chi connectivity index (χ4n) is 6.99. The van der Waals surface area contributed by atoms with Crippen molar-refractivity contribution in [2.45, 2.75) is 104 Å². The van der Waals surface area contributed by atoms with Crippen molar-refractivity contribution in [2.75, 3.05) is 62.5 Å². The molecule has 6 radical (unpaired) electrons. The fraction of sp³-hybridized carbons (Fsp3) is 1.00. The van der Waals surface area contributed by atoms with E-state index < -0.39 is 47.2 Å². The third-order valence-corrected chi connectivity index (χ3v) is 9.18. The van der Waals surface area contributed by atoms with Gasteiger partial charge in [-0.2, -0.15) is 0 Å². The topological polar surface area (TPSA) is 131 Å². The molecule has 6 unspecified atom stereocenters. The minimum absolute atomic E-state index is 0.0443. The van der Waals surface area contributed by atoms with E-state index in [1.807, 2.05) is 13.8 Å². The second-order valence-corrected chi connectivity index (χ2v) is 11.3. The largest absolute Gasteiger partial charge is 0.381 e. The summed E-state index contributed by atoms with van der Waals surface area (Å²) in [6.07, 6.45) is -2.60. The molecule has 0 spiro atoms. The van der Waals surface area contributed by atoms with E-state index in [1.54, 1.807) is 28.4 Å². The molecule has 6 fully saturated rings. The summed E-state index contributed by atoms with van der Waals surface area (Å²) < 4.78 is 64.8. The molecule has 13 nitrogen and oxygen atoms in total. The van der Waals surface area contributed by atoms with Gasteiger partial charge in [0.05, 0.1) is 32.0 Å². The first kappa shape index (κ1) is 34.5. The van der Waals surface area contributed by atoms with Crippen LogP contribution in [-0.4, -0.2) is 181 Å². The number of hydrogen-bond acceptors (Lipinski definition) is 13. The van der Waals surface area contributed by atoms with Crippen molar-refractivity contribution in [1.82, 2.24) is 0 Å². The number of methoxy groups -OCH3 is 6. The van der Waals surface area contributed by atoms with Crippen LogP contribution in [0, 0.1) is 0 Å². The molecular weight excluding hydrogens is 553 g/mol. The highest BCUT2D eigenvalue weighted by atomic mass is 16.7. The molecule has 0 amide bonds. The molecule has 6 bridgehead atoms. The molecular formula is C26H43B3O13. The smallest absolute Gasteiger partial charge is 0.189 e. The normalized spacial score (nSPS) is 50.4. The maximum atomic E-state index is 9.66. The molecule has 0 aromatic rings. The lowest BCUT2D eigenvalue weighted by molar-refractivity contribution is -0.255.